The highest BCUT2D eigenvalue weighted by Crippen LogP contribution is 2.22. The standard InChI is InChI=1S/C18H26N2O3S/c21-24(22,13-9-16-4-2-1-3-5-16)19-14-17-6-10-20(11-7-17)18-8-12-23-15-18/h1-5,9,13,17-19H,6-8,10-12,14-15H2/b13-9+/t18-/m1/s1. The molecule has 5 nitrogen and oxygen atoms in total. The van der Waals surface area contributed by atoms with Crippen molar-refractivity contribution in [3.63, 3.8) is 0 Å². The predicted molar refractivity (Wildman–Crippen MR) is 95.9 cm³/mol. The van der Waals surface area contributed by atoms with Crippen molar-refractivity contribution in [3.05, 3.63) is 41.3 Å². The van der Waals surface area contributed by atoms with Gasteiger partial charge in [-0.2, -0.15) is 0 Å². The normalized spacial score (nSPS) is 23.9. The fourth-order valence-electron chi connectivity index (χ4n) is 3.35. The summed E-state index contributed by atoms with van der Waals surface area (Å²) < 4.78 is 32.4. The maximum atomic E-state index is 12.1. The Morgan fingerprint density at radius 2 is 1.92 bits per heavy atom. The summed E-state index contributed by atoms with van der Waals surface area (Å²) in [6.07, 6.45) is 4.84. The minimum atomic E-state index is -3.37. The van der Waals surface area contributed by atoms with Gasteiger partial charge < -0.3 is 4.74 Å². The quantitative estimate of drug-likeness (QED) is 0.853. The molecule has 2 fully saturated rings. The summed E-state index contributed by atoms with van der Waals surface area (Å²) in [5, 5.41) is 1.26. The lowest BCUT2D eigenvalue weighted by Gasteiger charge is -2.35. The summed E-state index contributed by atoms with van der Waals surface area (Å²) in [7, 11) is -3.37. The van der Waals surface area contributed by atoms with Crippen LogP contribution in [0.5, 0.6) is 0 Å². The van der Waals surface area contributed by atoms with Crippen LogP contribution in [-0.2, 0) is 14.8 Å². The van der Waals surface area contributed by atoms with E-state index < -0.39 is 10.0 Å². The van der Waals surface area contributed by atoms with Crippen LogP contribution < -0.4 is 4.72 Å². The molecule has 1 aromatic carbocycles. The number of rotatable bonds is 6. The van der Waals surface area contributed by atoms with Crippen molar-refractivity contribution in [1.82, 2.24) is 9.62 Å². The summed E-state index contributed by atoms with van der Waals surface area (Å²) in [6.45, 7) is 4.33. The Hall–Kier alpha value is -1.21. The van der Waals surface area contributed by atoms with Crippen molar-refractivity contribution in [1.29, 1.82) is 0 Å². The molecular formula is C18H26N2O3S. The molecule has 0 aromatic heterocycles. The molecule has 2 saturated heterocycles. The number of ether oxygens (including phenoxy) is 1. The summed E-state index contributed by atoms with van der Waals surface area (Å²) in [6, 6.07) is 10.0. The van der Waals surface area contributed by atoms with E-state index in [-0.39, 0.29) is 0 Å². The maximum Gasteiger partial charge on any atom is 0.233 e. The first kappa shape index (κ1) is 17.6. The third kappa shape index (κ3) is 5.14. The Morgan fingerprint density at radius 3 is 2.58 bits per heavy atom. The molecule has 0 unspecified atom stereocenters. The summed E-state index contributed by atoms with van der Waals surface area (Å²) in [5.74, 6) is 0.420. The highest BCUT2D eigenvalue weighted by molar-refractivity contribution is 7.92. The highest BCUT2D eigenvalue weighted by atomic mass is 32.2. The first-order valence-corrected chi connectivity index (χ1v) is 10.2. The van der Waals surface area contributed by atoms with Crippen LogP contribution in [0.2, 0.25) is 0 Å². The highest BCUT2D eigenvalue weighted by Gasteiger charge is 2.27. The number of nitrogens with zero attached hydrogens (tertiary/aromatic N) is 1. The van der Waals surface area contributed by atoms with Crippen molar-refractivity contribution in [2.45, 2.75) is 25.3 Å². The molecule has 0 saturated carbocycles. The lowest BCUT2D eigenvalue weighted by molar-refractivity contribution is 0.111. The minimum absolute atomic E-state index is 0.420. The fraction of sp³-hybridized carbons (Fsp3) is 0.556. The first-order chi connectivity index (χ1) is 11.6. The average molecular weight is 350 g/mol. The molecular weight excluding hydrogens is 324 g/mol. The Morgan fingerprint density at radius 1 is 1.17 bits per heavy atom. The van der Waals surface area contributed by atoms with Gasteiger partial charge in [0.15, 0.2) is 0 Å². The van der Waals surface area contributed by atoms with E-state index in [1.807, 2.05) is 30.3 Å². The molecule has 132 valence electrons. The molecule has 6 heteroatoms. The van der Waals surface area contributed by atoms with Gasteiger partial charge in [0, 0.05) is 24.6 Å². The molecule has 1 aromatic rings. The maximum absolute atomic E-state index is 12.1. The van der Waals surface area contributed by atoms with Gasteiger partial charge in [0.2, 0.25) is 10.0 Å². The van der Waals surface area contributed by atoms with Gasteiger partial charge in [-0.1, -0.05) is 30.3 Å². The monoisotopic (exact) mass is 350 g/mol. The molecule has 3 rings (SSSR count). The van der Waals surface area contributed by atoms with Crippen LogP contribution in [0.15, 0.2) is 35.7 Å². The molecule has 0 radical (unpaired) electrons. The summed E-state index contributed by atoms with van der Waals surface area (Å²) in [5.41, 5.74) is 0.884. The van der Waals surface area contributed by atoms with Gasteiger partial charge in [-0.15, -0.1) is 0 Å². The van der Waals surface area contributed by atoms with Gasteiger partial charge in [-0.05, 0) is 49.9 Å². The van der Waals surface area contributed by atoms with Crippen LogP contribution in [0, 0.1) is 5.92 Å². The van der Waals surface area contributed by atoms with E-state index in [0.717, 1.165) is 51.1 Å². The number of likely N-dealkylation sites (tertiary alicyclic amines) is 1. The largest absolute Gasteiger partial charge is 0.380 e. The van der Waals surface area contributed by atoms with Gasteiger partial charge in [0.05, 0.1) is 6.61 Å². The topological polar surface area (TPSA) is 58.6 Å². The van der Waals surface area contributed by atoms with Crippen LogP contribution in [0.25, 0.3) is 6.08 Å². The number of sulfonamides is 1. The summed E-state index contributed by atoms with van der Waals surface area (Å²) in [4.78, 5) is 2.49. The molecule has 2 heterocycles. The molecule has 0 amide bonds. The van der Waals surface area contributed by atoms with Crippen LogP contribution in [0.3, 0.4) is 0 Å². The van der Waals surface area contributed by atoms with Crippen LogP contribution in [-0.4, -0.2) is 52.2 Å². The van der Waals surface area contributed by atoms with E-state index in [2.05, 4.69) is 9.62 Å². The van der Waals surface area contributed by atoms with Gasteiger partial charge in [0.25, 0.3) is 0 Å². The second-order valence-corrected chi connectivity index (χ2v) is 8.25. The predicted octanol–water partition coefficient (Wildman–Crippen LogP) is 2.08. The zero-order valence-corrected chi connectivity index (χ0v) is 14.7. The van der Waals surface area contributed by atoms with E-state index in [1.165, 1.54) is 5.41 Å². The minimum Gasteiger partial charge on any atom is -0.380 e. The number of benzene rings is 1. The molecule has 24 heavy (non-hydrogen) atoms. The van der Waals surface area contributed by atoms with E-state index >= 15 is 0 Å². The lowest BCUT2D eigenvalue weighted by Crippen LogP contribution is -2.43. The molecule has 0 aliphatic carbocycles. The smallest absolute Gasteiger partial charge is 0.233 e. The number of hydrogen-bond donors (Lipinski definition) is 1. The SMILES string of the molecule is O=S(=O)(/C=C/c1ccccc1)NCC1CCN([C@@H]2CCOC2)CC1. The zero-order chi connectivity index (χ0) is 16.8. The Labute approximate surface area is 144 Å². The van der Waals surface area contributed by atoms with Crippen molar-refractivity contribution in [3.8, 4) is 0 Å². The third-order valence-corrected chi connectivity index (χ3v) is 5.95. The van der Waals surface area contributed by atoms with E-state index in [0.29, 0.717) is 18.5 Å². The second-order valence-electron chi connectivity index (χ2n) is 6.60. The van der Waals surface area contributed by atoms with Crippen LogP contribution >= 0.6 is 0 Å². The molecule has 0 bridgehead atoms. The molecule has 2 aliphatic rings. The van der Waals surface area contributed by atoms with Crippen molar-refractivity contribution in [2.75, 3.05) is 32.8 Å². The fourth-order valence-corrected chi connectivity index (χ4v) is 4.25. The second kappa shape index (κ2) is 8.25. The van der Waals surface area contributed by atoms with Gasteiger partial charge in [-0.25, -0.2) is 13.1 Å². The van der Waals surface area contributed by atoms with E-state index in [1.54, 1.807) is 6.08 Å². The molecule has 0 spiro atoms. The van der Waals surface area contributed by atoms with Gasteiger partial charge in [0.1, 0.15) is 0 Å². The number of nitrogens with one attached hydrogen (secondary N) is 1. The average Bonchev–Trinajstić information content (AvgIpc) is 3.15. The Kier molecular flexibility index (Phi) is 6.05. The Balaban J connectivity index is 1.43. The molecule has 1 N–H and O–H groups in total. The van der Waals surface area contributed by atoms with Crippen LogP contribution in [0.4, 0.5) is 0 Å². The van der Waals surface area contributed by atoms with Gasteiger partial charge >= 0.3 is 0 Å². The first-order valence-electron chi connectivity index (χ1n) is 8.67. The van der Waals surface area contributed by atoms with E-state index in [9.17, 15) is 8.42 Å². The molecule has 1 atom stereocenters. The number of piperidine rings is 1. The van der Waals surface area contributed by atoms with Gasteiger partial charge in [-0.3, -0.25) is 4.90 Å². The van der Waals surface area contributed by atoms with Crippen molar-refractivity contribution >= 4 is 16.1 Å². The van der Waals surface area contributed by atoms with Crippen LogP contribution in [0.1, 0.15) is 24.8 Å². The molecule has 2 aliphatic heterocycles. The lowest BCUT2D eigenvalue weighted by atomic mass is 9.96. The van der Waals surface area contributed by atoms with Crippen molar-refractivity contribution < 1.29 is 13.2 Å². The zero-order valence-electron chi connectivity index (χ0n) is 13.9. The van der Waals surface area contributed by atoms with Crippen molar-refractivity contribution in [2.24, 2.45) is 5.92 Å². The third-order valence-electron chi connectivity index (χ3n) is 4.88. The summed E-state index contributed by atoms with van der Waals surface area (Å²) >= 11 is 0. The Bertz CT molecular complexity index is 631. The number of hydrogen-bond acceptors (Lipinski definition) is 4. The van der Waals surface area contributed by atoms with E-state index in [4.69, 9.17) is 4.74 Å².